The van der Waals surface area contributed by atoms with Crippen molar-refractivity contribution in [1.82, 2.24) is 10.3 Å². The Morgan fingerprint density at radius 2 is 2.10 bits per heavy atom. The van der Waals surface area contributed by atoms with E-state index < -0.39 is 0 Å². The Hall–Kier alpha value is -1.46. The van der Waals surface area contributed by atoms with Crippen LogP contribution in [0.2, 0.25) is 0 Å². The summed E-state index contributed by atoms with van der Waals surface area (Å²) in [7, 11) is 1.89. The highest BCUT2D eigenvalue weighted by atomic mass is 79.9. The van der Waals surface area contributed by atoms with Gasteiger partial charge in [0.15, 0.2) is 0 Å². The Morgan fingerprint density at radius 1 is 1.30 bits per heavy atom. The lowest BCUT2D eigenvalue weighted by atomic mass is 10.2. The van der Waals surface area contributed by atoms with Crippen LogP contribution in [0.1, 0.15) is 18.2 Å². The van der Waals surface area contributed by atoms with Crippen molar-refractivity contribution in [2.24, 2.45) is 0 Å². The summed E-state index contributed by atoms with van der Waals surface area (Å²) in [6.07, 6.45) is 0.834. The number of halogens is 2. The molecule has 0 saturated carbocycles. The topological polar surface area (TPSA) is 34.1 Å². The predicted octanol–water partition coefficient (Wildman–Crippen LogP) is 4.06. The summed E-state index contributed by atoms with van der Waals surface area (Å²) in [5.41, 5.74) is 2.07. The van der Waals surface area contributed by atoms with Crippen molar-refractivity contribution in [3.8, 4) is 11.6 Å². The third kappa shape index (κ3) is 3.77. The summed E-state index contributed by atoms with van der Waals surface area (Å²) >= 11 is 3.14. The van der Waals surface area contributed by atoms with E-state index in [1.807, 2.05) is 26.1 Å². The van der Waals surface area contributed by atoms with Crippen molar-refractivity contribution in [1.29, 1.82) is 0 Å². The van der Waals surface area contributed by atoms with Crippen LogP contribution < -0.4 is 10.1 Å². The Morgan fingerprint density at radius 3 is 2.75 bits per heavy atom. The van der Waals surface area contributed by atoms with Crippen LogP contribution in [0.25, 0.3) is 0 Å². The molecule has 2 rings (SSSR count). The van der Waals surface area contributed by atoms with Crippen LogP contribution >= 0.6 is 15.9 Å². The van der Waals surface area contributed by atoms with Crippen LogP contribution in [-0.2, 0) is 13.0 Å². The van der Waals surface area contributed by atoms with Gasteiger partial charge in [0.05, 0.1) is 4.47 Å². The monoisotopic (exact) mass is 338 g/mol. The molecule has 0 fully saturated rings. The first-order valence-corrected chi connectivity index (χ1v) is 7.19. The van der Waals surface area contributed by atoms with Crippen molar-refractivity contribution >= 4 is 15.9 Å². The molecule has 0 aliphatic heterocycles. The second-order valence-corrected chi connectivity index (χ2v) is 5.22. The van der Waals surface area contributed by atoms with Gasteiger partial charge in [-0.2, -0.15) is 0 Å². The lowest BCUT2D eigenvalue weighted by molar-refractivity contribution is 0.457. The van der Waals surface area contributed by atoms with E-state index in [0.717, 1.165) is 24.2 Å². The third-order valence-electron chi connectivity index (χ3n) is 2.77. The number of ether oxygens (including phenoxy) is 1. The van der Waals surface area contributed by atoms with E-state index in [4.69, 9.17) is 4.74 Å². The van der Waals surface area contributed by atoms with E-state index in [-0.39, 0.29) is 5.82 Å². The minimum atomic E-state index is -0.316. The van der Waals surface area contributed by atoms with Gasteiger partial charge in [-0.25, -0.2) is 9.37 Å². The number of rotatable bonds is 5. The molecule has 1 aromatic carbocycles. The van der Waals surface area contributed by atoms with E-state index in [1.165, 1.54) is 6.07 Å². The second-order valence-electron chi connectivity index (χ2n) is 4.37. The summed E-state index contributed by atoms with van der Waals surface area (Å²) in [4.78, 5) is 4.42. The number of aryl methyl sites for hydroxylation is 1. The van der Waals surface area contributed by atoms with Crippen molar-refractivity contribution in [2.45, 2.75) is 19.9 Å². The normalized spacial score (nSPS) is 10.6. The lowest BCUT2D eigenvalue weighted by Gasteiger charge is -2.09. The quantitative estimate of drug-likeness (QED) is 0.892. The van der Waals surface area contributed by atoms with Gasteiger partial charge in [-0.1, -0.05) is 6.92 Å². The first-order chi connectivity index (χ1) is 9.62. The van der Waals surface area contributed by atoms with Crippen LogP contribution in [0.4, 0.5) is 4.39 Å². The number of hydrogen-bond acceptors (Lipinski definition) is 3. The zero-order valence-corrected chi connectivity index (χ0v) is 13.0. The van der Waals surface area contributed by atoms with Gasteiger partial charge in [-0.3, -0.25) is 0 Å². The molecule has 3 nitrogen and oxygen atoms in total. The second kappa shape index (κ2) is 6.81. The van der Waals surface area contributed by atoms with Crippen molar-refractivity contribution in [3.63, 3.8) is 0 Å². The largest absolute Gasteiger partial charge is 0.439 e. The SMILES string of the molecule is CCc1cc(CNC)cc(Oc2ccc(F)c(Br)c2)n1. The molecule has 0 atom stereocenters. The zero-order chi connectivity index (χ0) is 14.5. The Labute approximate surface area is 126 Å². The van der Waals surface area contributed by atoms with Gasteiger partial charge in [0, 0.05) is 18.3 Å². The van der Waals surface area contributed by atoms with Gasteiger partial charge in [-0.05, 0) is 59.2 Å². The summed E-state index contributed by atoms with van der Waals surface area (Å²) in [6.45, 7) is 2.79. The molecule has 1 heterocycles. The number of nitrogens with zero attached hydrogens (tertiary/aromatic N) is 1. The molecule has 0 aliphatic rings. The summed E-state index contributed by atoms with van der Waals surface area (Å²) < 4.78 is 19.3. The minimum Gasteiger partial charge on any atom is -0.439 e. The first kappa shape index (κ1) is 14.9. The molecule has 5 heteroatoms. The smallest absolute Gasteiger partial charge is 0.219 e. The molecule has 0 unspecified atom stereocenters. The average molecular weight is 339 g/mol. The van der Waals surface area contributed by atoms with Crippen molar-refractivity contribution in [2.75, 3.05) is 7.05 Å². The fourth-order valence-electron chi connectivity index (χ4n) is 1.82. The van der Waals surface area contributed by atoms with Gasteiger partial charge in [0.25, 0.3) is 0 Å². The lowest BCUT2D eigenvalue weighted by Crippen LogP contribution is -2.06. The maximum atomic E-state index is 13.2. The Kier molecular flexibility index (Phi) is 5.09. The van der Waals surface area contributed by atoms with Crippen LogP contribution in [0.3, 0.4) is 0 Å². The van der Waals surface area contributed by atoms with Crippen LogP contribution in [0.15, 0.2) is 34.8 Å². The maximum Gasteiger partial charge on any atom is 0.219 e. The van der Waals surface area contributed by atoms with Gasteiger partial charge in [-0.15, -0.1) is 0 Å². The fourth-order valence-corrected chi connectivity index (χ4v) is 2.18. The summed E-state index contributed by atoms with van der Waals surface area (Å²) in [5.74, 6) is 0.756. The molecule has 20 heavy (non-hydrogen) atoms. The van der Waals surface area contributed by atoms with E-state index in [2.05, 4.69) is 26.2 Å². The van der Waals surface area contributed by atoms with Crippen molar-refractivity contribution < 1.29 is 9.13 Å². The zero-order valence-electron chi connectivity index (χ0n) is 11.4. The molecule has 1 aromatic heterocycles. The molecule has 0 radical (unpaired) electrons. The molecular weight excluding hydrogens is 323 g/mol. The van der Waals surface area contributed by atoms with Crippen LogP contribution in [0, 0.1) is 5.82 Å². The Bertz CT molecular complexity index is 604. The summed E-state index contributed by atoms with van der Waals surface area (Å²) in [6, 6.07) is 8.46. The highest BCUT2D eigenvalue weighted by Gasteiger charge is 2.06. The number of nitrogens with one attached hydrogen (secondary N) is 1. The van der Waals surface area contributed by atoms with Gasteiger partial charge in [0.2, 0.25) is 5.88 Å². The number of pyridine rings is 1. The standard InChI is InChI=1S/C15H16BrFN2O/c1-3-11-6-10(9-18-2)7-15(19-11)20-12-4-5-14(17)13(16)8-12/h4-8,18H,3,9H2,1-2H3. The average Bonchev–Trinajstić information content (AvgIpc) is 2.43. The molecular formula is C15H16BrFN2O. The highest BCUT2D eigenvalue weighted by molar-refractivity contribution is 9.10. The number of benzene rings is 1. The van der Waals surface area contributed by atoms with Crippen molar-refractivity contribution in [3.05, 3.63) is 51.9 Å². The first-order valence-electron chi connectivity index (χ1n) is 6.39. The number of hydrogen-bond donors (Lipinski definition) is 1. The molecule has 2 aromatic rings. The molecule has 1 N–H and O–H groups in total. The molecule has 0 bridgehead atoms. The molecule has 0 saturated heterocycles. The minimum absolute atomic E-state index is 0.316. The van der Waals surface area contributed by atoms with Gasteiger partial charge < -0.3 is 10.1 Å². The third-order valence-corrected chi connectivity index (χ3v) is 3.38. The van der Waals surface area contributed by atoms with Gasteiger partial charge in [0.1, 0.15) is 11.6 Å². The predicted molar refractivity (Wildman–Crippen MR) is 80.6 cm³/mol. The molecule has 0 aliphatic carbocycles. The van der Waals surface area contributed by atoms with Crippen LogP contribution in [0.5, 0.6) is 11.6 Å². The van der Waals surface area contributed by atoms with E-state index in [9.17, 15) is 4.39 Å². The maximum absolute atomic E-state index is 13.2. The van der Waals surface area contributed by atoms with E-state index in [1.54, 1.807) is 12.1 Å². The molecule has 106 valence electrons. The number of aromatic nitrogens is 1. The summed E-state index contributed by atoms with van der Waals surface area (Å²) in [5, 5.41) is 3.10. The molecule has 0 spiro atoms. The van der Waals surface area contributed by atoms with E-state index in [0.29, 0.717) is 16.1 Å². The van der Waals surface area contributed by atoms with E-state index >= 15 is 0 Å². The van der Waals surface area contributed by atoms with Gasteiger partial charge >= 0.3 is 0 Å². The Balaban J connectivity index is 2.27. The highest BCUT2D eigenvalue weighted by Crippen LogP contribution is 2.26. The van der Waals surface area contributed by atoms with Crippen LogP contribution in [-0.4, -0.2) is 12.0 Å². The molecule has 0 amide bonds. The fraction of sp³-hybridized carbons (Fsp3) is 0.267.